The van der Waals surface area contributed by atoms with E-state index in [4.69, 9.17) is 16.7 Å². The van der Waals surface area contributed by atoms with Gasteiger partial charge in [-0.25, -0.2) is 4.39 Å². The number of benzene rings is 1. The van der Waals surface area contributed by atoms with E-state index in [1.807, 2.05) is 0 Å². The highest BCUT2D eigenvalue weighted by Crippen LogP contribution is 2.43. The van der Waals surface area contributed by atoms with E-state index in [2.05, 4.69) is 17.5 Å². The summed E-state index contributed by atoms with van der Waals surface area (Å²) in [6, 6.07) is 3.32. The Morgan fingerprint density at radius 3 is 2.70 bits per heavy atom. The third-order valence-corrected chi connectivity index (χ3v) is 4.96. The molecule has 122 valence electrons. The van der Waals surface area contributed by atoms with Crippen LogP contribution in [0.1, 0.15) is 30.9 Å². The van der Waals surface area contributed by atoms with Crippen LogP contribution in [0.5, 0.6) is 0 Å². The standard InChI is InChI=1S/C17H17ClFNO3/c18-13-4-3-11(7-14(13)19)15(8-16(21)22)20-17(23)12-6-9-1-2-10(12)5-9/h1-4,7,9-10,12,15H,5-6,8H2,(H,20,23)(H,21,22). The van der Waals surface area contributed by atoms with Gasteiger partial charge in [-0.3, -0.25) is 9.59 Å². The molecular formula is C17H17ClFNO3. The molecule has 1 saturated carbocycles. The van der Waals surface area contributed by atoms with Crippen LogP contribution in [-0.4, -0.2) is 17.0 Å². The molecule has 4 unspecified atom stereocenters. The van der Waals surface area contributed by atoms with Gasteiger partial charge in [0.25, 0.3) is 0 Å². The maximum Gasteiger partial charge on any atom is 0.305 e. The maximum atomic E-state index is 13.6. The van der Waals surface area contributed by atoms with Gasteiger partial charge in [0.15, 0.2) is 0 Å². The van der Waals surface area contributed by atoms with Crippen molar-refractivity contribution >= 4 is 23.5 Å². The van der Waals surface area contributed by atoms with E-state index in [9.17, 15) is 14.0 Å². The molecule has 6 heteroatoms. The summed E-state index contributed by atoms with van der Waals surface area (Å²) >= 11 is 5.66. The van der Waals surface area contributed by atoms with Crippen molar-refractivity contribution < 1.29 is 19.1 Å². The Kier molecular flexibility index (Phi) is 4.39. The second-order valence-electron chi connectivity index (χ2n) is 6.22. The molecule has 0 spiro atoms. The van der Waals surface area contributed by atoms with E-state index >= 15 is 0 Å². The number of hydrogen-bond donors (Lipinski definition) is 2. The molecule has 1 aromatic rings. The molecule has 3 rings (SSSR count). The Balaban J connectivity index is 1.76. The van der Waals surface area contributed by atoms with Crippen molar-refractivity contribution in [2.75, 3.05) is 0 Å². The number of carboxylic acid groups (broad SMARTS) is 1. The molecule has 0 aromatic heterocycles. The van der Waals surface area contributed by atoms with Gasteiger partial charge in [0.2, 0.25) is 5.91 Å². The quantitative estimate of drug-likeness (QED) is 0.810. The molecule has 2 aliphatic rings. The van der Waals surface area contributed by atoms with Gasteiger partial charge in [0.1, 0.15) is 5.82 Å². The highest BCUT2D eigenvalue weighted by Gasteiger charge is 2.40. The summed E-state index contributed by atoms with van der Waals surface area (Å²) in [5, 5.41) is 11.8. The molecule has 1 amide bonds. The summed E-state index contributed by atoms with van der Waals surface area (Å²) in [5.74, 6) is -1.30. The lowest BCUT2D eigenvalue weighted by atomic mass is 9.92. The number of halogens is 2. The summed E-state index contributed by atoms with van der Waals surface area (Å²) in [7, 11) is 0. The van der Waals surface area contributed by atoms with E-state index in [-0.39, 0.29) is 29.2 Å². The van der Waals surface area contributed by atoms with Crippen LogP contribution in [0.2, 0.25) is 5.02 Å². The number of aliphatic carboxylic acids is 1. The number of nitrogens with one attached hydrogen (secondary N) is 1. The van der Waals surface area contributed by atoms with Crippen LogP contribution in [0, 0.1) is 23.6 Å². The van der Waals surface area contributed by atoms with Crippen molar-refractivity contribution in [2.24, 2.45) is 17.8 Å². The van der Waals surface area contributed by atoms with Crippen molar-refractivity contribution in [2.45, 2.75) is 25.3 Å². The third kappa shape index (κ3) is 3.39. The average molecular weight is 338 g/mol. The normalized spacial score (nSPS) is 26.3. The lowest BCUT2D eigenvalue weighted by molar-refractivity contribution is -0.138. The molecule has 2 bridgehead atoms. The average Bonchev–Trinajstić information content (AvgIpc) is 3.11. The second kappa shape index (κ2) is 6.32. The minimum absolute atomic E-state index is 0.0348. The smallest absolute Gasteiger partial charge is 0.305 e. The van der Waals surface area contributed by atoms with Crippen molar-refractivity contribution in [3.63, 3.8) is 0 Å². The predicted molar refractivity (Wildman–Crippen MR) is 83.4 cm³/mol. The zero-order chi connectivity index (χ0) is 16.6. The number of fused-ring (bicyclic) bond motifs is 2. The van der Waals surface area contributed by atoms with Gasteiger partial charge in [-0.1, -0.05) is 29.8 Å². The first kappa shape index (κ1) is 16.0. The Morgan fingerprint density at radius 2 is 2.13 bits per heavy atom. The molecule has 4 nitrogen and oxygen atoms in total. The topological polar surface area (TPSA) is 66.4 Å². The Hall–Kier alpha value is -1.88. The zero-order valence-electron chi connectivity index (χ0n) is 12.3. The number of rotatable bonds is 5. The largest absolute Gasteiger partial charge is 0.481 e. The van der Waals surface area contributed by atoms with E-state index in [1.165, 1.54) is 12.1 Å². The molecule has 1 fully saturated rings. The van der Waals surface area contributed by atoms with Gasteiger partial charge < -0.3 is 10.4 Å². The molecule has 0 aliphatic heterocycles. The highest BCUT2D eigenvalue weighted by molar-refractivity contribution is 6.30. The first-order chi connectivity index (χ1) is 10.9. The van der Waals surface area contributed by atoms with Crippen LogP contribution >= 0.6 is 11.6 Å². The summed E-state index contributed by atoms with van der Waals surface area (Å²) in [5.41, 5.74) is 0.404. The summed E-state index contributed by atoms with van der Waals surface area (Å²) < 4.78 is 13.6. The maximum absolute atomic E-state index is 13.6. The molecule has 1 aromatic carbocycles. The van der Waals surface area contributed by atoms with Gasteiger partial charge in [-0.05, 0) is 42.4 Å². The first-order valence-electron chi connectivity index (χ1n) is 7.59. The van der Waals surface area contributed by atoms with Crippen molar-refractivity contribution in [1.29, 1.82) is 0 Å². The Labute approximate surface area is 138 Å². The second-order valence-corrected chi connectivity index (χ2v) is 6.63. The number of carboxylic acids is 1. The van der Waals surface area contributed by atoms with Crippen LogP contribution in [-0.2, 0) is 9.59 Å². The lowest BCUT2D eigenvalue weighted by Crippen LogP contribution is -2.36. The molecule has 0 heterocycles. The van der Waals surface area contributed by atoms with E-state index in [0.29, 0.717) is 11.5 Å². The molecule has 4 atom stereocenters. The number of amides is 1. The van der Waals surface area contributed by atoms with Crippen LogP contribution in [0.25, 0.3) is 0 Å². The van der Waals surface area contributed by atoms with Gasteiger partial charge >= 0.3 is 5.97 Å². The van der Waals surface area contributed by atoms with Crippen LogP contribution in [0.3, 0.4) is 0 Å². The molecule has 0 saturated heterocycles. The van der Waals surface area contributed by atoms with Crippen LogP contribution in [0.15, 0.2) is 30.4 Å². The zero-order valence-corrected chi connectivity index (χ0v) is 13.1. The molecular weight excluding hydrogens is 321 g/mol. The number of carbonyl (C=O) groups is 2. The highest BCUT2D eigenvalue weighted by atomic mass is 35.5. The van der Waals surface area contributed by atoms with Crippen molar-refractivity contribution in [3.8, 4) is 0 Å². The number of hydrogen-bond acceptors (Lipinski definition) is 2. The summed E-state index contributed by atoms with van der Waals surface area (Å²) in [4.78, 5) is 23.6. The molecule has 2 N–H and O–H groups in total. The SMILES string of the molecule is O=C(O)CC(NC(=O)C1CC2C=CC1C2)c1ccc(Cl)c(F)c1. The van der Waals surface area contributed by atoms with Crippen molar-refractivity contribution in [3.05, 3.63) is 46.8 Å². The van der Waals surface area contributed by atoms with Gasteiger partial charge in [-0.2, -0.15) is 0 Å². The number of allylic oxidation sites excluding steroid dienone is 2. The third-order valence-electron chi connectivity index (χ3n) is 4.66. The van der Waals surface area contributed by atoms with E-state index < -0.39 is 17.8 Å². The summed E-state index contributed by atoms with van der Waals surface area (Å²) in [6.07, 6.45) is 5.67. The minimum atomic E-state index is -1.06. The van der Waals surface area contributed by atoms with Crippen LogP contribution < -0.4 is 5.32 Å². The van der Waals surface area contributed by atoms with E-state index in [0.717, 1.165) is 12.8 Å². The fourth-order valence-corrected chi connectivity index (χ4v) is 3.63. The van der Waals surface area contributed by atoms with Gasteiger partial charge in [0.05, 0.1) is 17.5 Å². The minimum Gasteiger partial charge on any atom is -0.481 e. The first-order valence-corrected chi connectivity index (χ1v) is 7.97. The monoisotopic (exact) mass is 337 g/mol. The van der Waals surface area contributed by atoms with Crippen molar-refractivity contribution in [1.82, 2.24) is 5.32 Å². The Bertz CT molecular complexity index is 676. The van der Waals surface area contributed by atoms with Crippen LogP contribution in [0.4, 0.5) is 4.39 Å². The van der Waals surface area contributed by atoms with Gasteiger partial charge in [0, 0.05) is 5.92 Å². The molecule has 0 radical (unpaired) electrons. The number of carbonyl (C=O) groups excluding carboxylic acids is 1. The molecule has 23 heavy (non-hydrogen) atoms. The fourth-order valence-electron chi connectivity index (χ4n) is 3.52. The fraction of sp³-hybridized carbons (Fsp3) is 0.412. The molecule has 2 aliphatic carbocycles. The van der Waals surface area contributed by atoms with E-state index in [1.54, 1.807) is 6.07 Å². The summed E-state index contributed by atoms with van der Waals surface area (Å²) in [6.45, 7) is 0. The lowest BCUT2D eigenvalue weighted by Gasteiger charge is -2.23. The predicted octanol–water partition coefficient (Wildman–Crippen LogP) is 3.32. The Morgan fingerprint density at radius 1 is 1.35 bits per heavy atom. The van der Waals surface area contributed by atoms with Gasteiger partial charge in [-0.15, -0.1) is 0 Å².